The first-order chi connectivity index (χ1) is 15.0. The van der Waals surface area contributed by atoms with E-state index in [1.54, 1.807) is 0 Å². The molecule has 31 heavy (non-hydrogen) atoms. The van der Waals surface area contributed by atoms with E-state index in [1.807, 2.05) is 35.6 Å². The zero-order chi connectivity index (χ0) is 21.8. The Morgan fingerprint density at radius 2 is 1.87 bits per heavy atom. The van der Waals surface area contributed by atoms with Crippen molar-refractivity contribution in [2.45, 2.75) is 39.0 Å². The van der Waals surface area contributed by atoms with Gasteiger partial charge in [0.1, 0.15) is 0 Å². The van der Waals surface area contributed by atoms with E-state index in [0.29, 0.717) is 12.3 Å². The standard InChI is InChI=1S/C24H34N6O/c1-18(2)15-22(31)30-10-4-5-20(17-30)23-21(19-6-8-25-9-7-19)16-26-24(27-23)29-13-11-28(3)12-14-29/h6-9,16,18,20H,4-5,10-15,17H2,1-3H3. The molecule has 166 valence electrons. The second-order valence-corrected chi connectivity index (χ2v) is 9.27. The van der Waals surface area contributed by atoms with E-state index in [1.165, 1.54) is 0 Å². The lowest BCUT2D eigenvalue weighted by molar-refractivity contribution is -0.133. The number of anilines is 1. The number of carbonyl (C=O) groups is 1. The summed E-state index contributed by atoms with van der Waals surface area (Å²) in [6.45, 7) is 9.72. The average Bonchev–Trinajstić information content (AvgIpc) is 2.79. The highest BCUT2D eigenvalue weighted by atomic mass is 16.2. The second kappa shape index (κ2) is 9.73. The van der Waals surface area contributed by atoms with Gasteiger partial charge < -0.3 is 14.7 Å². The summed E-state index contributed by atoms with van der Waals surface area (Å²) in [6, 6.07) is 4.03. The van der Waals surface area contributed by atoms with Crippen LogP contribution in [-0.4, -0.2) is 77.0 Å². The van der Waals surface area contributed by atoms with Gasteiger partial charge in [-0.05, 0) is 43.5 Å². The van der Waals surface area contributed by atoms with Crippen molar-refractivity contribution in [2.75, 3.05) is 51.2 Å². The van der Waals surface area contributed by atoms with Crippen LogP contribution in [0.15, 0.2) is 30.7 Å². The van der Waals surface area contributed by atoms with Crippen LogP contribution in [-0.2, 0) is 4.79 Å². The zero-order valence-electron chi connectivity index (χ0n) is 19.0. The van der Waals surface area contributed by atoms with Gasteiger partial charge in [-0.1, -0.05) is 13.8 Å². The molecule has 0 bridgehead atoms. The van der Waals surface area contributed by atoms with Gasteiger partial charge in [0.25, 0.3) is 0 Å². The summed E-state index contributed by atoms with van der Waals surface area (Å²) >= 11 is 0. The van der Waals surface area contributed by atoms with E-state index in [9.17, 15) is 4.79 Å². The van der Waals surface area contributed by atoms with Crippen molar-refractivity contribution in [3.63, 3.8) is 0 Å². The molecular weight excluding hydrogens is 388 g/mol. The summed E-state index contributed by atoms with van der Waals surface area (Å²) in [6.07, 6.45) is 8.26. The molecule has 4 rings (SSSR count). The van der Waals surface area contributed by atoms with Gasteiger partial charge in [-0.2, -0.15) is 0 Å². The number of likely N-dealkylation sites (tertiary alicyclic amines) is 1. The Hall–Kier alpha value is -2.54. The molecule has 0 N–H and O–H groups in total. The minimum Gasteiger partial charge on any atom is -0.342 e. The third-order valence-electron chi connectivity index (χ3n) is 6.33. The lowest BCUT2D eigenvalue weighted by Gasteiger charge is -2.35. The number of hydrogen-bond acceptors (Lipinski definition) is 6. The molecule has 1 atom stereocenters. The van der Waals surface area contributed by atoms with Crippen molar-refractivity contribution in [2.24, 2.45) is 5.92 Å². The van der Waals surface area contributed by atoms with Crippen LogP contribution in [0.2, 0.25) is 0 Å². The summed E-state index contributed by atoms with van der Waals surface area (Å²) < 4.78 is 0. The first-order valence-corrected chi connectivity index (χ1v) is 11.5. The summed E-state index contributed by atoms with van der Waals surface area (Å²) in [7, 11) is 2.15. The van der Waals surface area contributed by atoms with E-state index in [-0.39, 0.29) is 11.8 Å². The minimum atomic E-state index is 0.224. The highest BCUT2D eigenvalue weighted by Crippen LogP contribution is 2.34. The quantitative estimate of drug-likeness (QED) is 0.738. The SMILES string of the molecule is CC(C)CC(=O)N1CCCC(c2nc(N3CCN(C)CC3)ncc2-c2ccncc2)C1. The number of pyridine rings is 1. The molecule has 2 aromatic rings. The molecule has 7 heteroatoms. The van der Waals surface area contributed by atoms with Crippen LogP contribution in [0.4, 0.5) is 5.95 Å². The van der Waals surface area contributed by atoms with Gasteiger partial charge in [-0.15, -0.1) is 0 Å². The van der Waals surface area contributed by atoms with Crippen molar-refractivity contribution in [1.29, 1.82) is 0 Å². The highest BCUT2D eigenvalue weighted by Gasteiger charge is 2.29. The Kier molecular flexibility index (Phi) is 6.80. The number of amides is 1. The topological polar surface area (TPSA) is 65.5 Å². The number of hydrogen-bond donors (Lipinski definition) is 0. The molecule has 0 saturated carbocycles. The number of likely N-dealkylation sites (N-methyl/N-ethyl adjacent to an activating group) is 1. The number of piperazine rings is 1. The lowest BCUT2D eigenvalue weighted by Crippen LogP contribution is -2.45. The smallest absolute Gasteiger partial charge is 0.225 e. The molecule has 4 heterocycles. The normalized spacial score (nSPS) is 20.3. The summed E-state index contributed by atoms with van der Waals surface area (Å²) in [5, 5.41) is 0. The van der Waals surface area contributed by atoms with E-state index in [2.05, 4.69) is 35.7 Å². The number of aromatic nitrogens is 3. The van der Waals surface area contributed by atoms with E-state index >= 15 is 0 Å². The van der Waals surface area contributed by atoms with Gasteiger partial charge in [0.05, 0.1) is 5.69 Å². The van der Waals surface area contributed by atoms with Crippen LogP contribution < -0.4 is 4.90 Å². The van der Waals surface area contributed by atoms with E-state index < -0.39 is 0 Å². The van der Waals surface area contributed by atoms with E-state index in [4.69, 9.17) is 9.97 Å². The van der Waals surface area contributed by atoms with Gasteiger partial charge in [-0.25, -0.2) is 9.97 Å². The maximum atomic E-state index is 12.8. The van der Waals surface area contributed by atoms with E-state index in [0.717, 1.165) is 74.9 Å². The first kappa shape index (κ1) is 21.7. The molecule has 1 amide bonds. The van der Waals surface area contributed by atoms with Gasteiger partial charge in [0.15, 0.2) is 0 Å². The van der Waals surface area contributed by atoms with Crippen molar-refractivity contribution >= 4 is 11.9 Å². The van der Waals surface area contributed by atoms with Crippen molar-refractivity contribution < 1.29 is 4.79 Å². The van der Waals surface area contributed by atoms with Gasteiger partial charge >= 0.3 is 0 Å². The van der Waals surface area contributed by atoms with Crippen molar-refractivity contribution in [1.82, 2.24) is 24.8 Å². The van der Waals surface area contributed by atoms with Crippen molar-refractivity contribution in [3.8, 4) is 11.1 Å². The number of piperidine rings is 1. The third kappa shape index (κ3) is 5.21. The first-order valence-electron chi connectivity index (χ1n) is 11.5. The monoisotopic (exact) mass is 422 g/mol. The number of rotatable bonds is 5. The molecule has 0 radical (unpaired) electrons. The third-order valence-corrected chi connectivity index (χ3v) is 6.33. The highest BCUT2D eigenvalue weighted by molar-refractivity contribution is 5.76. The van der Waals surface area contributed by atoms with Crippen LogP contribution in [0.25, 0.3) is 11.1 Å². The molecule has 2 aliphatic rings. The Morgan fingerprint density at radius 1 is 1.13 bits per heavy atom. The molecule has 7 nitrogen and oxygen atoms in total. The molecule has 2 saturated heterocycles. The van der Waals surface area contributed by atoms with Crippen LogP contribution in [0.1, 0.15) is 44.7 Å². The van der Waals surface area contributed by atoms with Gasteiger partial charge in [-0.3, -0.25) is 9.78 Å². The Bertz CT molecular complexity index is 879. The van der Waals surface area contributed by atoms with Crippen molar-refractivity contribution in [3.05, 3.63) is 36.4 Å². The summed E-state index contributed by atoms with van der Waals surface area (Å²) in [4.78, 5) is 33.4. The maximum Gasteiger partial charge on any atom is 0.225 e. The molecule has 1 unspecified atom stereocenters. The molecule has 0 spiro atoms. The Labute approximate surface area is 185 Å². The molecule has 0 aromatic carbocycles. The van der Waals surface area contributed by atoms with Crippen LogP contribution in [0.3, 0.4) is 0 Å². The molecule has 2 aliphatic heterocycles. The lowest BCUT2D eigenvalue weighted by atomic mass is 9.89. The van der Waals surface area contributed by atoms with Crippen LogP contribution in [0.5, 0.6) is 0 Å². The maximum absolute atomic E-state index is 12.8. The molecular formula is C24H34N6O. The predicted molar refractivity (Wildman–Crippen MR) is 123 cm³/mol. The fourth-order valence-electron chi connectivity index (χ4n) is 4.51. The fraction of sp³-hybridized carbons (Fsp3) is 0.583. The average molecular weight is 423 g/mol. The predicted octanol–water partition coefficient (Wildman–Crippen LogP) is 3.04. The molecule has 2 aromatic heterocycles. The minimum absolute atomic E-state index is 0.224. The molecule has 0 aliphatic carbocycles. The largest absolute Gasteiger partial charge is 0.342 e. The second-order valence-electron chi connectivity index (χ2n) is 9.27. The summed E-state index contributed by atoms with van der Waals surface area (Å²) in [5.41, 5.74) is 3.21. The van der Waals surface area contributed by atoms with Gasteiger partial charge in [0, 0.05) is 75.8 Å². The Balaban J connectivity index is 1.64. The van der Waals surface area contributed by atoms with Gasteiger partial charge in [0.2, 0.25) is 11.9 Å². The summed E-state index contributed by atoms with van der Waals surface area (Å²) in [5.74, 6) is 1.68. The van der Waals surface area contributed by atoms with Crippen LogP contribution in [0, 0.1) is 5.92 Å². The van der Waals surface area contributed by atoms with Crippen LogP contribution >= 0.6 is 0 Å². The zero-order valence-corrected chi connectivity index (χ0v) is 19.0. The Morgan fingerprint density at radius 3 is 2.58 bits per heavy atom. The molecule has 2 fully saturated rings. The fourth-order valence-corrected chi connectivity index (χ4v) is 4.51. The number of nitrogens with zero attached hydrogens (tertiary/aromatic N) is 6. The number of carbonyl (C=O) groups excluding carboxylic acids is 1.